The fraction of sp³-hybridized carbons (Fsp3) is 0.133. The smallest absolute Gasteiger partial charge is 0.197 e. The number of hydrogen-bond donors (Lipinski definition) is 2. The summed E-state index contributed by atoms with van der Waals surface area (Å²) in [6.07, 6.45) is 0. The molecule has 0 saturated carbocycles. The topological polar surface area (TPSA) is 53.6 Å². The van der Waals surface area contributed by atoms with Gasteiger partial charge in [0.2, 0.25) is 0 Å². The van der Waals surface area contributed by atoms with Gasteiger partial charge in [0.1, 0.15) is 6.67 Å². The van der Waals surface area contributed by atoms with E-state index < -0.39 is 0 Å². The number of hydrogen-bond acceptors (Lipinski definition) is 2. The van der Waals surface area contributed by atoms with Crippen LogP contribution >= 0.6 is 23.2 Å². The number of anilines is 2. The van der Waals surface area contributed by atoms with Gasteiger partial charge in [0.25, 0.3) is 0 Å². The number of aliphatic imine (C=N–C) groups is 1. The highest BCUT2D eigenvalue weighted by Crippen LogP contribution is 2.18. The SMILES string of the molecule is CN(C(N)=NCNc1ccc(Cl)cc1)c1cccc(Cl)c1. The number of rotatable bonds is 4. The van der Waals surface area contributed by atoms with Gasteiger partial charge in [0.15, 0.2) is 5.96 Å². The van der Waals surface area contributed by atoms with Crippen molar-refractivity contribution in [1.29, 1.82) is 0 Å². The summed E-state index contributed by atoms with van der Waals surface area (Å²) in [6, 6.07) is 14.8. The van der Waals surface area contributed by atoms with Crippen molar-refractivity contribution in [2.45, 2.75) is 0 Å². The van der Waals surface area contributed by atoms with Crippen molar-refractivity contribution in [2.24, 2.45) is 10.7 Å². The molecule has 0 spiro atoms. The molecule has 6 heteroatoms. The highest BCUT2D eigenvalue weighted by molar-refractivity contribution is 6.31. The van der Waals surface area contributed by atoms with Gasteiger partial charge in [0, 0.05) is 28.5 Å². The average molecular weight is 323 g/mol. The highest BCUT2D eigenvalue weighted by atomic mass is 35.5. The Bertz CT molecular complexity index is 626. The lowest BCUT2D eigenvalue weighted by Crippen LogP contribution is -2.34. The molecule has 0 aliphatic heterocycles. The van der Waals surface area contributed by atoms with E-state index in [1.54, 1.807) is 4.90 Å². The van der Waals surface area contributed by atoms with Crippen molar-refractivity contribution in [1.82, 2.24) is 0 Å². The van der Waals surface area contributed by atoms with E-state index in [0.717, 1.165) is 11.4 Å². The molecule has 2 aromatic carbocycles. The quantitative estimate of drug-likeness (QED) is 0.664. The van der Waals surface area contributed by atoms with E-state index in [0.29, 0.717) is 22.7 Å². The number of benzene rings is 2. The maximum absolute atomic E-state index is 5.96. The van der Waals surface area contributed by atoms with E-state index in [9.17, 15) is 0 Å². The number of nitrogens with one attached hydrogen (secondary N) is 1. The summed E-state index contributed by atoms with van der Waals surface area (Å²) in [5.74, 6) is 0.402. The molecular formula is C15H16Cl2N4. The Hall–Kier alpha value is -1.91. The minimum absolute atomic E-state index is 0.373. The molecule has 0 aliphatic carbocycles. The van der Waals surface area contributed by atoms with Gasteiger partial charge in [-0.3, -0.25) is 0 Å². The Kier molecular flexibility index (Phi) is 5.31. The molecule has 0 fully saturated rings. The van der Waals surface area contributed by atoms with Gasteiger partial charge in [-0.1, -0.05) is 29.3 Å². The first-order valence-electron chi connectivity index (χ1n) is 6.35. The molecule has 0 saturated heterocycles. The van der Waals surface area contributed by atoms with Crippen LogP contribution in [0.5, 0.6) is 0 Å². The lowest BCUT2D eigenvalue weighted by Gasteiger charge is -2.18. The summed E-state index contributed by atoms with van der Waals surface area (Å²) in [6.45, 7) is 0.373. The molecule has 4 nitrogen and oxygen atoms in total. The molecule has 2 aromatic rings. The Balaban J connectivity index is 1.95. The van der Waals surface area contributed by atoms with Gasteiger partial charge in [-0.05, 0) is 42.5 Å². The van der Waals surface area contributed by atoms with Crippen molar-refractivity contribution < 1.29 is 0 Å². The van der Waals surface area contributed by atoms with Gasteiger partial charge in [-0.25, -0.2) is 4.99 Å². The summed E-state index contributed by atoms with van der Waals surface area (Å²) < 4.78 is 0. The molecule has 0 bridgehead atoms. The number of guanidine groups is 1. The monoisotopic (exact) mass is 322 g/mol. The van der Waals surface area contributed by atoms with E-state index in [4.69, 9.17) is 28.9 Å². The lowest BCUT2D eigenvalue weighted by molar-refractivity contribution is 1.09. The second-order valence-corrected chi connectivity index (χ2v) is 5.27. The third-order valence-corrected chi connectivity index (χ3v) is 3.39. The molecule has 0 amide bonds. The van der Waals surface area contributed by atoms with Crippen molar-refractivity contribution in [3.05, 3.63) is 58.6 Å². The Morgan fingerprint density at radius 3 is 2.52 bits per heavy atom. The van der Waals surface area contributed by atoms with Crippen molar-refractivity contribution in [3.63, 3.8) is 0 Å². The first kappa shape index (κ1) is 15.5. The van der Waals surface area contributed by atoms with E-state index in [1.807, 2.05) is 55.6 Å². The van der Waals surface area contributed by atoms with Crippen LogP contribution in [-0.2, 0) is 0 Å². The first-order chi connectivity index (χ1) is 10.1. The second kappa shape index (κ2) is 7.20. The third-order valence-electron chi connectivity index (χ3n) is 2.91. The van der Waals surface area contributed by atoms with Crippen LogP contribution in [0.1, 0.15) is 0 Å². The molecule has 0 heterocycles. The maximum atomic E-state index is 5.96. The van der Waals surface area contributed by atoms with Crippen LogP contribution in [0.15, 0.2) is 53.5 Å². The Morgan fingerprint density at radius 2 is 1.86 bits per heavy atom. The van der Waals surface area contributed by atoms with Crippen LogP contribution in [0.2, 0.25) is 10.0 Å². The van der Waals surface area contributed by atoms with Gasteiger partial charge in [-0.15, -0.1) is 0 Å². The normalized spacial score (nSPS) is 11.3. The van der Waals surface area contributed by atoms with Crippen LogP contribution in [0.4, 0.5) is 11.4 Å². The van der Waals surface area contributed by atoms with E-state index in [-0.39, 0.29) is 0 Å². The van der Waals surface area contributed by atoms with Crippen molar-refractivity contribution in [3.8, 4) is 0 Å². The predicted molar refractivity (Wildman–Crippen MR) is 91.4 cm³/mol. The summed E-state index contributed by atoms with van der Waals surface area (Å²) in [4.78, 5) is 6.05. The lowest BCUT2D eigenvalue weighted by atomic mass is 10.3. The standard InChI is InChI=1S/C15H16Cl2N4/c1-21(14-4-2-3-12(17)9-14)15(18)20-10-19-13-7-5-11(16)6-8-13/h2-9,19H,10H2,1H3,(H2,18,20). The van der Waals surface area contributed by atoms with Crippen molar-refractivity contribution >= 4 is 40.5 Å². The molecule has 0 atom stereocenters. The van der Waals surface area contributed by atoms with E-state index in [2.05, 4.69) is 10.3 Å². The van der Waals surface area contributed by atoms with Crippen LogP contribution in [0.3, 0.4) is 0 Å². The summed E-state index contributed by atoms with van der Waals surface area (Å²) in [5, 5.41) is 4.50. The minimum Gasteiger partial charge on any atom is -0.369 e. The van der Waals surface area contributed by atoms with Crippen LogP contribution in [-0.4, -0.2) is 19.7 Å². The number of nitrogens with zero attached hydrogens (tertiary/aromatic N) is 2. The average Bonchev–Trinajstić information content (AvgIpc) is 2.48. The van der Waals surface area contributed by atoms with E-state index in [1.165, 1.54) is 0 Å². The third kappa shape index (κ3) is 4.55. The molecule has 21 heavy (non-hydrogen) atoms. The summed E-state index contributed by atoms with van der Waals surface area (Å²) in [7, 11) is 1.84. The molecule has 0 aromatic heterocycles. The fourth-order valence-electron chi connectivity index (χ4n) is 1.70. The van der Waals surface area contributed by atoms with Gasteiger partial charge in [0.05, 0.1) is 0 Å². The number of nitrogens with two attached hydrogens (primary N) is 1. The predicted octanol–water partition coefficient (Wildman–Crippen LogP) is 3.81. The molecule has 0 aliphatic rings. The van der Waals surface area contributed by atoms with Crippen LogP contribution in [0, 0.1) is 0 Å². The maximum Gasteiger partial charge on any atom is 0.197 e. The fourth-order valence-corrected chi connectivity index (χ4v) is 2.01. The molecule has 3 N–H and O–H groups in total. The zero-order valence-electron chi connectivity index (χ0n) is 11.6. The molecule has 0 unspecified atom stereocenters. The van der Waals surface area contributed by atoms with Crippen LogP contribution < -0.4 is 16.0 Å². The van der Waals surface area contributed by atoms with Gasteiger partial charge >= 0.3 is 0 Å². The summed E-state index contributed by atoms with van der Waals surface area (Å²) in [5.41, 5.74) is 7.78. The zero-order chi connectivity index (χ0) is 15.2. The Morgan fingerprint density at radius 1 is 1.14 bits per heavy atom. The largest absolute Gasteiger partial charge is 0.369 e. The Labute approximate surface area is 134 Å². The highest BCUT2D eigenvalue weighted by Gasteiger charge is 2.04. The molecule has 2 rings (SSSR count). The molecule has 110 valence electrons. The first-order valence-corrected chi connectivity index (χ1v) is 7.10. The van der Waals surface area contributed by atoms with E-state index >= 15 is 0 Å². The number of halogens is 2. The second-order valence-electron chi connectivity index (χ2n) is 4.40. The molecular weight excluding hydrogens is 307 g/mol. The zero-order valence-corrected chi connectivity index (χ0v) is 13.1. The van der Waals surface area contributed by atoms with Crippen LogP contribution in [0.25, 0.3) is 0 Å². The van der Waals surface area contributed by atoms with Gasteiger partial charge in [-0.2, -0.15) is 0 Å². The van der Waals surface area contributed by atoms with Crippen molar-refractivity contribution in [2.75, 3.05) is 23.9 Å². The van der Waals surface area contributed by atoms with Gasteiger partial charge < -0.3 is 16.0 Å². The minimum atomic E-state index is 0.373. The summed E-state index contributed by atoms with van der Waals surface area (Å²) >= 11 is 11.8. The molecule has 0 radical (unpaired) electrons.